The minimum absolute atomic E-state index is 0.0263. The van der Waals surface area contributed by atoms with Crippen molar-refractivity contribution in [3.63, 3.8) is 0 Å². The lowest BCUT2D eigenvalue weighted by Gasteiger charge is -2.28. The number of aliphatic hydroxyl groups excluding tert-OH is 1. The number of rotatable bonds is 10. The lowest BCUT2D eigenvalue weighted by molar-refractivity contribution is -0.146. The average Bonchev–Trinajstić information content (AvgIpc) is 3.03. The third kappa shape index (κ3) is 6.63. The van der Waals surface area contributed by atoms with Crippen molar-refractivity contribution in [2.75, 3.05) is 19.4 Å². The molecule has 1 unspecified atom stereocenters. The number of aromatic amines is 1. The Labute approximate surface area is 217 Å². The van der Waals surface area contributed by atoms with E-state index in [1.54, 1.807) is 6.92 Å². The van der Waals surface area contributed by atoms with Crippen molar-refractivity contribution in [1.82, 2.24) is 9.55 Å². The molecule has 1 fully saturated rings. The second kappa shape index (κ2) is 11.6. The van der Waals surface area contributed by atoms with Gasteiger partial charge in [-0.25, -0.2) is 4.57 Å². The normalized spacial score (nSPS) is 26.2. The number of esters is 1. The molecule has 0 aliphatic carbocycles. The SMILES string of the molecule is CCOC(=O)[C@H](C)C[P@@](=O)(OC[C@H]1O[C@@H](n2ccc(=O)[nH]c2=S)C(C)(O)[C@H]1O)Oc1ccc(Cl)cc1. The molecule has 1 aliphatic heterocycles. The monoisotopic (exact) mass is 562 g/mol. The Balaban J connectivity index is 1.81. The van der Waals surface area contributed by atoms with E-state index in [1.165, 1.54) is 54.9 Å². The van der Waals surface area contributed by atoms with Gasteiger partial charge in [0.1, 0.15) is 23.6 Å². The van der Waals surface area contributed by atoms with E-state index in [2.05, 4.69) is 4.98 Å². The van der Waals surface area contributed by atoms with Crippen LogP contribution in [0.3, 0.4) is 0 Å². The summed E-state index contributed by atoms with van der Waals surface area (Å²) in [5.74, 6) is -1.21. The van der Waals surface area contributed by atoms with E-state index in [-0.39, 0.29) is 23.3 Å². The number of hydrogen-bond donors (Lipinski definition) is 3. The molecule has 6 atom stereocenters. The summed E-state index contributed by atoms with van der Waals surface area (Å²) in [5.41, 5.74) is -2.28. The van der Waals surface area contributed by atoms with Crippen molar-refractivity contribution < 1.29 is 38.1 Å². The van der Waals surface area contributed by atoms with Crippen molar-refractivity contribution in [2.45, 2.75) is 44.8 Å². The Hall–Kier alpha value is -2.05. The van der Waals surface area contributed by atoms with Gasteiger partial charge in [0, 0.05) is 17.3 Å². The van der Waals surface area contributed by atoms with Crippen molar-refractivity contribution in [2.24, 2.45) is 5.92 Å². The lowest BCUT2D eigenvalue weighted by Crippen LogP contribution is -2.44. The van der Waals surface area contributed by atoms with E-state index in [0.29, 0.717) is 5.02 Å². The first-order valence-electron chi connectivity index (χ1n) is 11.1. The van der Waals surface area contributed by atoms with Crippen LogP contribution in [0, 0.1) is 10.7 Å². The van der Waals surface area contributed by atoms with Gasteiger partial charge in [-0.1, -0.05) is 18.5 Å². The highest BCUT2D eigenvalue weighted by atomic mass is 35.5. The third-order valence-corrected chi connectivity index (χ3v) is 8.13. The molecule has 1 aliphatic rings. The fraction of sp³-hybridized carbons (Fsp3) is 0.500. The molecule has 0 spiro atoms. The minimum atomic E-state index is -4.01. The third-order valence-electron chi connectivity index (χ3n) is 5.54. The molecule has 1 saturated heterocycles. The van der Waals surface area contributed by atoms with Crippen molar-refractivity contribution in [3.8, 4) is 5.75 Å². The molecule has 14 heteroatoms. The van der Waals surface area contributed by atoms with Gasteiger partial charge in [-0.2, -0.15) is 0 Å². The molecule has 0 radical (unpaired) electrons. The predicted octanol–water partition coefficient (Wildman–Crippen LogP) is 3.06. The summed E-state index contributed by atoms with van der Waals surface area (Å²) in [7, 11) is -4.01. The number of carbonyl (C=O) groups is 1. The molecule has 198 valence electrons. The molecular weight excluding hydrogens is 535 g/mol. The van der Waals surface area contributed by atoms with Crippen molar-refractivity contribution in [3.05, 3.63) is 56.7 Å². The highest BCUT2D eigenvalue weighted by Gasteiger charge is 2.53. The summed E-state index contributed by atoms with van der Waals surface area (Å²) in [4.78, 5) is 26.1. The molecule has 11 nitrogen and oxygen atoms in total. The molecule has 2 heterocycles. The standard InChI is InChI=1S/C22H28ClN2O9PS/c1-4-31-19(28)13(2)12-35(30,34-15-7-5-14(23)6-8-15)32-11-16-18(27)22(3,29)20(33-16)25-10-9-17(26)24-21(25)36/h5-10,13,16,18,20,27,29H,4,11-12H2,1-3H3,(H,24,26,36)/t13-,16-,18+,20-,22?,35-/m1/s1. The van der Waals surface area contributed by atoms with Crippen LogP contribution in [0.15, 0.2) is 41.3 Å². The molecule has 1 aromatic heterocycles. The first kappa shape index (κ1) is 28.5. The van der Waals surface area contributed by atoms with Gasteiger partial charge in [0.15, 0.2) is 11.0 Å². The van der Waals surface area contributed by atoms with Crippen LogP contribution in [-0.2, 0) is 23.4 Å². The fourth-order valence-corrected chi connectivity index (χ4v) is 5.90. The maximum atomic E-state index is 13.7. The summed E-state index contributed by atoms with van der Waals surface area (Å²) in [6.07, 6.45) is -2.81. The summed E-state index contributed by atoms with van der Waals surface area (Å²) < 4.78 is 37.1. The van der Waals surface area contributed by atoms with E-state index >= 15 is 0 Å². The number of nitrogens with zero attached hydrogens (tertiary/aromatic N) is 1. The number of nitrogens with one attached hydrogen (secondary N) is 1. The number of halogens is 1. The Morgan fingerprint density at radius 2 is 2.03 bits per heavy atom. The summed E-state index contributed by atoms with van der Waals surface area (Å²) in [6, 6.07) is 7.25. The molecule has 1 aromatic carbocycles. The number of ether oxygens (including phenoxy) is 2. The van der Waals surface area contributed by atoms with Gasteiger partial charge in [-0.15, -0.1) is 0 Å². The van der Waals surface area contributed by atoms with Crippen LogP contribution in [0.5, 0.6) is 5.75 Å². The number of carbonyl (C=O) groups excluding carboxylic acids is 1. The topological polar surface area (TPSA) is 149 Å². The van der Waals surface area contributed by atoms with Crippen LogP contribution in [0.1, 0.15) is 27.0 Å². The number of H-pyrrole nitrogens is 1. The number of benzene rings is 1. The van der Waals surface area contributed by atoms with Gasteiger partial charge in [0.05, 0.1) is 25.3 Å². The summed E-state index contributed by atoms with van der Waals surface area (Å²) in [5, 5.41) is 22.1. The van der Waals surface area contributed by atoms with Crippen LogP contribution < -0.4 is 10.1 Å². The van der Waals surface area contributed by atoms with Gasteiger partial charge in [0.2, 0.25) is 0 Å². The molecule has 0 saturated carbocycles. The molecular formula is C22H28ClN2O9PS. The molecule has 36 heavy (non-hydrogen) atoms. The maximum absolute atomic E-state index is 13.7. The smallest absolute Gasteiger partial charge is 0.380 e. The van der Waals surface area contributed by atoms with Gasteiger partial charge in [-0.3, -0.25) is 23.7 Å². The minimum Gasteiger partial charge on any atom is -0.466 e. The molecule has 2 aromatic rings. The predicted molar refractivity (Wildman–Crippen MR) is 133 cm³/mol. The summed E-state index contributed by atoms with van der Waals surface area (Å²) >= 11 is 11.0. The zero-order valence-corrected chi connectivity index (χ0v) is 22.3. The van der Waals surface area contributed by atoms with Crippen molar-refractivity contribution >= 4 is 37.4 Å². The largest absolute Gasteiger partial charge is 0.466 e. The average molecular weight is 563 g/mol. The molecule has 3 N–H and O–H groups in total. The first-order chi connectivity index (χ1) is 16.9. The maximum Gasteiger partial charge on any atom is 0.380 e. The quantitative estimate of drug-likeness (QED) is 0.224. The van der Waals surface area contributed by atoms with Crippen LogP contribution in [0.4, 0.5) is 0 Å². The fourth-order valence-electron chi connectivity index (χ4n) is 3.64. The van der Waals surface area contributed by atoms with Gasteiger partial charge >= 0.3 is 13.6 Å². The van der Waals surface area contributed by atoms with Crippen LogP contribution >= 0.6 is 31.4 Å². The number of hydrogen-bond acceptors (Lipinski definition) is 10. The van der Waals surface area contributed by atoms with Gasteiger partial charge in [-0.05, 0) is 50.3 Å². The zero-order chi connectivity index (χ0) is 26.7. The Morgan fingerprint density at radius 1 is 1.36 bits per heavy atom. The summed E-state index contributed by atoms with van der Waals surface area (Å²) in [6.45, 7) is 4.21. The highest BCUT2D eigenvalue weighted by molar-refractivity contribution is 7.71. The number of aromatic nitrogens is 2. The van der Waals surface area contributed by atoms with E-state index < -0.39 is 55.7 Å². The Morgan fingerprint density at radius 3 is 2.64 bits per heavy atom. The second-order valence-corrected chi connectivity index (χ2v) is 11.4. The second-order valence-electron chi connectivity index (χ2n) is 8.50. The van der Waals surface area contributed by atoms with Crippen molar-refractivity contribution in [1.29, 1.82) is 0 Å². The van der Waals surface area contributed by atoms with E-state index in [0.717, 1.165) is 0 Å². The Kier molecular flexibility index (Phi) is 9.16. The van der Waals surface area contributed by atoms with Crippen LogP contribution in [0.2, 0.25) is 5.02 Å². The van der Waals surface area contributed by atoms with E-state index in [9.17, 15) is 24.4 Å². The first-order valence-corrected chi connectivity index (χ1v) is 13.6. The van der Waals surface area contributed by atoms with E-state index in [1.807, 2.05) is 0 Å². The molecule has 0 amide bonds. The zero-order valence-electron chi connectivity index (χ0n) is 19.8. The van der Waals surface area contributed by atoms with E-state index in [4.69, 9.17) is 42.3 Å². The number of aliphatic hydroxyl groups is 2. The van der Waals surface area contributed by atoms with Gasteiger partial charge in [0.25, 0.3) is 5.56 Å². The Bertz CT molecular complexity index is 1230. The molecule has 3 rings (SSSR count). The lowest BCUT2D eigenvalue weighted by atomic mass is 9.96. The van der Waals surface area contributed by atoms with Gasteiger partial charge < -0.3 is 24.2 Å². The van der Waals surface area contributed by atoms with Crippen LogP contribution in [0.25, 0.3) is 0 Å². The highest BCUT2D eigenvalue weighted by Crippen LogP contribution is 2.51. The molecule has 0 bridgehead atoms. The van der Waals surface area contributed by atoms with Crippen LogP contribution in [-0.4, -0.2) is 62.9 Å².